The van der Waals surface area contributed by atoms with E-state index in [1.165, 1.54) is 17.5 Å². The van der Waals surface area contributed by atoms with Crippen molar-refractivity contribution in [1.82, 2.24) is 14.5 Å². The summed E-state index contributed by atoms with van der Waals surface area (Å²) in [4.78, 5) is 47.0. The number of halogens is 3. The van der Waals surface area contributed by atoms with Crippen LogP contribution in [0, 0.1) is 0 Å². The molecule has 2 aliphatic heterocycles. The molecule has 0 aromatic carbocycles. The minimum atomic E-state index is -4.77. The second-order valence-electron chi connectivity index (χ2n) is 7.82. The summed E-state index contributed by atoms with van der Waals surface area (Å²) in [5.74, 6) is -0.891. The van der Waals surface area contributed by atoms with Crippen molar-refractivity contribution in [2.45, 2.75) is 44.0 Å². The Kier molecular flexibility index (Phi) is 6.23. The molecule has 2 amide bonds. The van der Waals surface area contributed by atoms with E-state index in [2.05, 4.69) is 10.1 Å². The number of carbonyl (C=O) groups excluding carboxylic acids is 2. The van der Waals surface area contributed by atoms with Gasteiger partial charge in [-0.25, -0.2) is 4.98 Å². The Labute approximate surface area is 189 Å². The average Bonchev–Trinajstić information content (AvgIpc) is 3.44. The highest BCUT2D eigenvalue weighted by molar-refractivity contribution is 7.10. The highest BCUT2D eigenvalue weighted by Crippen LogP contribution is 2.31. The van der Waals surface area contributed by atoms with Crippen LogP contribution in [0.15, 0.2) is 33.7 Å². The lowest BCUT2D eigenvalue weighted by molar-refractivity contribution is -0.139. The van der Waals surface area contributed by atoms with Crippen molar-refractivity contribution in [3.05, 3.63) is 50.3 Å². The third kappa shape index (κ3) is 4.92. The molecule has 1 atom stereocenters. The summed E-state index contributed by atoms with van der Waals surface area (Å²) in [6.07, 6.45) is -2.86. The lowest BCUT2D eigenvalue weighted by Gasteiger charge is -2.31. The summed E-state index contributed by atoms with van der Waals surface area (Å²) in [6, 6.07) is 1.81. The van der Waals surface area contributed by atoms with Gasteiger partial charge in [0.05, 0.1) is 10.7 Å². The van der Waals surface area contributed by atoms with Crippen LogP contribution in [-0.2, 0) is 27.1 Å². The average molecular weight is 483 g/mol. The van der Waals surface area contributed by atoms with Crippen molar-refractivity contribution < 1.29 is 27.6 Å². The van der Waals surface area contributed by atoms with Gasteiger partial charge in [0.2, 0.25) is 12.0 Å². The monoisotopic (exact) mass is 483 g/mol. The standard InChI is InChI=1S/C20H20F3N5O4S/c21-20(22,23)12-2-1-5-28(19(12)31)9-16(29)27-6-3-11(4-7-27)18-25-14(10-33-18)13-8-15(17(24)30)32-26-13/h1-2,5,10-11,15H,3-4,6-9H2,(H2,24,30). The van der Waals surface area contributed by atoms with Crippen LogP contribution in [0.1, 0.15) is 41.4 Å². The van der Waals surface area contributed by atoms with Gasteiger partial charge in [-0.15, -0.1) is 11.3 Å². The molecule has 0 radical (unpaired) electrons. The second kappa shape index (κ2) is 8.96. The number of hydrogen-bond acceptors (Lipinski definition) is 7. The molecule has 4 rings (SSSR count). The summed E-state index contributed by atoms with van der Waals surface area (Å²) in [5.41, 5.74) is 3.88. The smallest absolute Gasteiger partial charge is 0.382 e. The molecule has 13 heteroatoms. The topological polar surface area (TPSA) is 120 Å². The highest BCUT2D eigenvalue weighted by atomic mass is 32.1. The zero-order chi connectivity index (χ0) is 23.8. The minimum absolute atomic E-state index is 0.110. The molecule has 2 aliphatic rings. The molecular formula is C20H20F3N5O4S. The molecule has 1 unspecified atom stereocenters. The number of alkyl halides is 3. The molecule has 0 spiro atoms. The van der Waals surface area contributed by atoms with Gasteiger partial charge in [0.15, 0.2) is 0 Å². The van der Waals surface area contributed by atoms with Gasteiger partial charge in [-0.2, -0.15) is 13.2 Å². The van der Waals surface area contributed by atoms with Crippen LogP contribution in [0.3, 0.4) is 0 Å². The van der Waals surface area contributed by atoms with Crippen LogP contribution in [0.2, 0.25) is 0 Å². The number of thiazole rings is 1. The Morgan fingerprint density at radius 2 is 2.00 bits per heavy atom. The number of oxime groups is 1. The van der Waals surface area contributed by atoms with Crippen molar-refractivity contribution in [1.29, 1.82) is 0 Å². The van der Waals surface area contributed by atoms with Gasteiger partial charge in [-0.05, 0) is 25.0 Å². The predicted octanol–water partition coefficient (Wildman–Crippen LogP) is 1.71. The first-order valence-electron chi connectivity index (χ1n) is 10.2. The van der Waals surface area contributed by atoms with Crippen molar-refractivity contribution in [2.75, 3.05) is 13.1 Å². The van der Waals surface area contributed by atoms with E-state index in [0.717, 1.165) is 15.6 Å². The third-order valence-electron chi connectivity index (χ3n) is 5.63. The molecule has 9 nitrogen and oxygen atoms in total. The number of carbonyl (C=O) groups is 2. The van der Waals surface area contributed by atoms with E-state index < -0.39 is 41.8 Å². The van der Waals surface area contributed by atoms with Crippen LogP contribution in [0.4, 0.5) is 13.2 Å². The number of aromatic nitrogens is 2. The molecule has 4 heterocycles. The molecule has 1 fully saturated rings. The summed E-state index contributed by atoms with van der Waals surface area (Å²) >= 11 is 1.45. The van der Waals surface area contributed by atoms with Crippen molar-refractivity contribution >= 4 is 28.9 Å². The molecule has 0 bridgehead atoms. The number of nitrogens with two attached hydrogens (primary N) is 1. The van der Waals surface area contributed by atoms with Gasteiger partial charge in [0.25, 0.3) is 11.5 Å². The predicted molar refractivity (Wildman–Crippen MR) is 112 cm³/mol. The van der Waals surface area contributed by atoms with Gasteiger partial charge in [-0.1, -0.05) is 5.16 Å². The highest BCUT2D eigenvalue weighted by Gasteiger charge is 2.35. The van der Waals surface area contributed by atoms with Gasteiger partial charge >= 0.3 is 6.18 Å². The number of primary amides is 1. The zero-order valence-corrected chi connectivity index (χ0v) is 18.1. The molecule has 176 valence electrons. The lowest BCUT2D eigenvalue weighted by Crippen LogP contribution is -2.41. The fourth-order valence-corrected chi connectivity index (χ4v) is 4.79. The molecule has 0 saturated carbocycles. The van der Waals surface area contributed by atoms with Crippen molar-refractivity contribution in [2.24, 2.45) is 10.9 Å². The van der Waals surface area contributed by atoms with Crippen molar-refractivity contribution in [3.63, 3.8) is 0 Å². The summed E-state index contributed by atoms with van der Waals surface area (Å²) in [5, 5.41) is 6.58. The first kappa shape index (κ1) is 23.0. The maximum atomic E-state index is 12.9. The van der Waals surface area contributed by atoms with Gasteiger partial charge in [0, 0.05) is 37.0 Å². The van der Waals surface area contributed by atoms with E-state index >= 15 is 0 Å². The van der Waals surface area contributed by atoms with E-state index in [1.807, 2.05) is 5.38 Å². The number of rotatable bonds is 5. The molecule has 2 aromatic heterocycles. The molecule has 2 N–H and O–H groups in total. The minimum Gasteiger partial charge on any atom is -0.382 e. The lowest BCUT2D eigenvalue weighted by atomic mass is 9.97. The molecule has 0 aliphatic carbocycles. The van der Waals surface area contributed by atoms with Crippen LogP contribution in [0.25, 0.3) is 0 Å². The number of hydrogen-bond donors (Lipinski definition) is 1. The molecule has 1 saturated heterocycles. The van der Waals surface area contributed by atoms with Crippen LogP contribution < -0.4 is 11.3 Å². The van der Waals surface area contributed by atoms with Crippen LogP contribution in [0.5, 0.6) is 0 Å². The van der Waals surface area contributed by atoms with Crippen molar-refractivity contribution in [3.8, 4) is 0 Å². The number of likely N-dealkylation sites (tertiary alicyclic amines) is 1. The first-order chi connectivity index (χ1) is 15.6. The number of pyridine rings is 1. The van der Waals surface area contributed by atoms with E-state index in [4.69, 9.17) is 10.6 Å². The largest absolute Gasteiger partial charge is 0.421 e. The van der Waals surface area contributed by atoms with E-state index in [9.17, 15) is 27.6 Å². The molecular weight excluding hydrogens is 463 g/mol. The number of amides is 2. The second-order valence-corrected chi connectivity index (χ2v) is 8.71. The number of piperidine rings is 1. The van der Waals surface area contributed by atoms with Gasteiger partial charge < -0.3 is 20.0 Å². The first-order valence-corrected chi connectivity index (χ1v) is 11.0. The zero-order valence-electron chi connectivity index (χ0n) is 17.2. The summed E-state index contributed by atoms with van der Waals surface area (Å²) in [7, 11) is 0. The normalized spacial score (nSPS) is 19.3. The maximum absolute atomic E-state index is 12.9. The Bertz CT molecular complexity index is 1150. The maximum Gasteiger partial charge on any atom is 0.421 e. The fraction of sp³-hybridized carbons (Fsp3) is 0.450. The number of nitrogens with zero attached hydrogens (tertiary/aromatic N) is 4. The quantitative estimate of drug-likeness (QED) is 0.694. The van der Waals surface area contributed by atoms with Crippen LogP contribution in [-0.4, -0.2) is 51.2 Å². The summed E-state index contributed by atoms with van der Waals surface area (Å²) in [6.45, 7) is 0.357. The van der Waals surface area contributed by atoms with Crippen LogP contribution >= 0.6 is 11.3 Å². The summed E-state index contributed by atoms with van der Waals surface area (Å²) < 4.78 is 39.6. The Morgan fingerprint density at radius 3 is 2.64 bits per heavy atom. The SMILES string of the molecule is NC(=O)C1CC(c2csc(C3CCN(C(=O)Cn4cccc(C(F)(F)F)c4=O)CC3)n2)=NO1. The molecule has 2 aromatic rings. The fourth-order valence-electron chi connectivity index (χ4n) is 3.79. The molecule has 33 heavy (non-hydrogen) atoms. The third-order valence-corrected chi connectivity index (χ3v) is 6.64. The Morgan fingerprint density at radius 1 is 1.27 bits per heavy atom. The Balaban J connectivity index is 1.34. The van der Waals surface area contributed by atoms with E-state index in [1.54, 1.807) is 4.90 Å². The Hall–Kier alpha value is -3.22. The van der Waals surface area contributed by atoms with Gasteiger partial charge in [-0.3, -0.25) is 14.4 Å². The van der Waals surface area contributed by atoms with E-state index in [-0.39, 0.29) is 12.3 Å². The van der Waals surface area contributed by atoms with Gasteiger partial charge in [0.1, 0.15) is 17.8 Å². The van der Waals surface area contributed by atoms with E-state index in [0.29, 0.717) is 43.4 Å².